The summed E-state index contributed by atoms with van der Waals surface area (Å²) in [5, 5.41) is 19.7. The van der Waals surface area contributed by atoms with Crippen LogP contribution in [0.4, 0.5) is 0 Å². The Kier molecular flexibility index (Phi) is 5.73. The van der Waals surface area contributed by atoms with Crippen molar-refractivity contribution in [2.24, 2.45) is 0 Å². The number of hydrogen-bond acceptors (Lipinski definition) is 4. The molecule has 0 spiro atoms. The van der Waals surface area contributed by atoms with Crippen molar-refractivity contribution in [3.63, 3.8) is 0 Å². The van der Waals surface area contributed by atoms with Gasteiger partial charge in [0.05, 0.1) is 43.6 Å². The van der Waals surface area contributed by atoms with Gasteiger partial charge < -0.3 is 19.9 Å². The predicted molar refractivity (Wildman–Crippen MR) is 74.9 cm³/mol. The average molecular weight is 276 g/mol. The van der Waals surface area contributed by atoms with E-state index in [0.29, 0.717) is 25.1 Å². The Morgan fingerprint density at radius 2 is 1.95 bits per heavy atom. The lowest BCUT2D eigenvalue weighted by Crippen LogP contribution is -2.16. The van der Waals surface area contributed by atoms with Crippen molar-refractivity contribution in [1.29, 1.82) is 0 Å². The van der Waals surface area contributed by atoms with E-state index < -0.39 is 12.2 Å². The fourth-order valence-electron chi connectivity index (χ4n) is 1.93. The second kappa shape index (κ2) is 7.79. The number of aromatic nitrogens is 2. The Morgan fingerprint density at radius 1 is 1.15 bits per heavy atom. The van der Waals surface area contributed by atoms with Gasteiger partial charge in [-0.1, -0.05) is 30.3 Å². The summed E-state index contributed by atoms with van der Waals surface area (Å²) in [7, 11) is 0. The lowest BCUT2D eigenvalue weighted by atomic mass is 10.1. The molecule has 0 aliphatic carbocycles. The SMILES string of the molecule is OC(CC[C@@H](O)COCc1ccccc1)c1cnc[nH]1. The van der Waals surface area contributed by atoms with E-state index in [1.54, 1.807) is 6.20 Å². The zero-order chi connectivity index (χ0) is 14.2. The monoisotopic (exact) mass is 276 g/mol. The number of benzene rings is 1. The number of aromatic amines is 1. The van der Waals surface area contributed by atoms with Crippen LogP contribution in [0.15, 0.2) is 42.9 Å². The molecular weight excluding hydrogens is 256 g/mol. The summed E-state index contributed by atoms with van der Waals surface area (Å²) < 4.78 is 5.45. The number of nitrogens with one attached hydrogen (secondary N) is 1. The molecule has 0 aliphatic heterocycles. The molecule has 1 aromatic heterocycles. The zero-order valence-electron chi connectivity index (χ0n) is 11.3. The molecule has 5 heteroatoms. The predicted octanol–water partition coefficient (Wildman–Crippen LogP) is 1.80. The van der Waals surface area contributed by atoms with Crippen molar-refractivity contribution in [3.8, 4) is 0 Å². The quantitative estimate of drug-likeness (QED) is 0.687. The molecule has 108 valence electrons. The largest absolute Gasteiger partial charge is 0.391 e. The van der Waals surface area contributed by atoms with Gasteiger partial charge in [-0.3, -0.25) is 0 Å². The van der Waals surface area contributed by atoms with Crippen LogP contribution in [0.5, 0.6) is 0 Å². The van der Waals surface area contributed by atoms with Crippen LogP contribution in [0.3, 0.4) is 0 Å². The van der Waals surface area contributed by atoms with E-state index in [2.05, 4.69) is 9.97 Å². The third-order valence-electron chi connectivity index (χ3n) is 3.07. The van der Waals surface area contributed by atoms with Gasteiger partial charge in [0.15, 0.2) is 0 Å². The minimum atomic E-state index is -0.624. The maximum absolute atomic E-state index is 9.84. The summed E-state index contributed by atoms with van der Waals surface area (Å²) in [5.74, 6) is 0. The van der Waals surface area contributed by atoms with Gasteiger partial charge in [0, 0.05) is 0 Å². The standard InChI is InChI=1S/C15H20N2O3/c18-13(6-7-15(19)14-8-16-11-17-14)10-20-9-12-4-2-1-3-5-12/h1-5,8,11,13,15,18-19H,6-7,9-10H2,(H,16,17)/t13-,15?/m1/s1. The Labute approximate surface area is 118 Å². The van der Waals surface area contributed by atoms with Gasteiger partial charge in [-0.05, 0) is 18.4 Å². The van der Waals surface area contributed by atoms with Crippen molar-refractivity contribution >= 4 is 0 Å². The summed E-state index contributed by atoms with van der Waals surface area (Å²) in [4.78, 5) is 6.70. The average Bonchev–Trinajstić information content (AvgIpc) is 3.00. The molecule has 1 heterocycles. The summed E-state index contributed by atoms with van der Waals surface area (Å²) in [6.07, 6.45) is 2.87. The maximum Gasteiger partial charge on any atom is 0.0954 e. The minimum absolute atomic E-state index is 0.268. The third-order valence-corrected chi connectivity index (χ3v) is 3.07. The summed E-state index contributed by atoms with van der Waals surface area (Å²) in [5.41, 5.74) is 1.75. The van der Waals surface area contributed by atoms with Crippen molar-refractivity contribution in [3.05, 3.63) is 54.1 Å². The second-order valence-electron chi connectivity index (χ2n) is 4.75. The first-order chi connectivity index (χ1) is 9.75. The minimum Gasteiger partial charge on any atom is -0.391 e. The smallest absolute Gasteiger partial charge is 0.0954 e. The first kappa shape index (κ1) is 14.7. The number of aliphatic hydroxyl groups excluding tert-OH is 2. The Morgan fingerprint density at radius 3 is 2.65 bits per heavy atom. The molecule has 2 aromatic rings. The van der Waals surface area contributed by atoms with Crippen molar-refractivity contribution in [1.82, 2.24) is 9.97 Å². The molecule has 5 nitrogen and oxygen atoms in total. The van der Waals surface area contributed by atoms with Gasteiger partial charge in [-0.25, -0.2) is 4.98 Å². The van der Waals surface area contributed by atoms with E-state index in [0.717, 1.165) is 5.56 Å². The zero-order valence-corrected chi connectivity index (χ0v) is 11.3. The topological polar surface area (TPSA) is 78.4 Å². The highest BCUT2D eigenvalue weighted by Gasteiger charge is 2.12. The highest BCUT2D eigenvalue weighted by atomic mass is 16.5. The molecule has 2 rings (SSSR count). The van der Waals surface area contributed by atoms with Gasteiger partial charge in [-0.2, -0.15) is 0 Å². The molecule has 1 unspecified atom stereocenters. The summed E-state index contributed by atoms with van der Waals surface area (Å²) >= 11 is 0. The number of aliphatic hydroxyl groups is 2. The maximum atomic E-state index is 9.84. The molecule has 1 aromatic carbocycles. The van der Waals surface area contributed by atoms with Gasteiger partial charge >= 0.3 is 0 Å². The normalized spacial score (nSPS) is 14.1. The Bertz CT molecular complexity index is 473. The highest BCUT2D eigenvalue weighted by molar-refractivity contribution is 5.13. The van der Waals surface area contributed by atoms with E-state index in [-0.39, 0.29) is 6.61 Å². The van der Waals surface area contributed by atoms with Crippen LogP contribution in [0, 0.1) is 0 Å². The van der Waals surface area contributed by atoms with Gasteiger partial charge in [-0.15, -0.1) is 0 Å². The number of nitrogens with zero attached hydrogens (tertiary/aromatic N) is 1. The lowest BCUT2D eigenvalue weighted by molar-refractivity contribution is 0.0163. The van der Waals surface area contributed by atoms with Crippen LogP contribution in [-0.4, -0.2) is 32.9 Å². The fraction of sp³-hybridized carbons (Fsp3) is 0.400. The fourth-order valence-corrected chi connectivity index (χ4v) is 1.93. The van der Waals surface area contributed by atoms with Crippen molar-refractivity contribution < 1.29 is 14.9 Å². The molecule has 0 saturated carbocycles. The summed E-state index contributed by atoms with van der Waals surface area (Å²) in [6, 6.07) is 9.82. The Balaban J connectivity index is 1.62. The molecule has 2 atom stereocenters. The molecule has 0 radical (unpaired) electrons. The first-order valence-electron chi connectivity index (χ1n) is 6.72. The molecule has 0 fully saturated rings. The van der Waals surface area contributed by atoms with Crippen molar-refractivity contribution in [2.75, 3.05) is 6.61 Å². The van der Waals surface area contributed by atoms with Crippen LogP contribution < -0.4 is 0 Å². The van der Waals surface area contributed by atoms with Gasteiger partial charge in [0.25, 0.3) is 0 Å². The molecule has 0 amide bonds. The first-order valence-corrected chi connectivity index (χ1v) is 6.72. The Hall–Kier alpha value is -1.69. The molecule has 3 N–H and O–H groups in total. The third kappa shape index (κ3) is 4.77. The van der Waals surface area contributed by atoms with E-state index in [9.17, 15) is 10.2 Å². The van der Waals surface area contributed by atoms with E-state index in [1.807, 2.05) is 30.3 Å². The molecular formula is C15H20N2O3. The molecule has 0 aliphatic rings. The highest BCUT2D eigenvalue weighted by Crippen LogP contribution is 2.16. The molecule has 0 saturated heterocycles. The van der Waals surface area contributed by atoms with E-state index in [4.69, 9.17) is 4.74 Å². The second-order valence-corrected chi connectivity index (χ2v) is 4.75. The molecule has 0 bridgehead atoms. The van der Waals surface area contributed by atoms with Gasteiger partial charge in [0.2, 0.25) is 0 Å². The van der Waals surface area contributed by atoms with Crippen LogP contribution in [0.1, 0.15) is 30.2 Å². The number of ether oxygens (including phenoxy) is 1. The van der Waals surface area contributed by atoms with E-state index in [1.165, 1.54) is 6.33 Å². The van der Waals surface area contributed by atoms with Gasteiger partial charge in [0.1, 0.15) is 0 Å². The lowest BCUT2D eigenvalue weighted by Gasteiger charge is -2.13. The summed E-state index contributed by atoms with van der Waals surface area (Å²) in [6.45, 7) is 0.756. The number of rotatable bonds is 8. The van der Waals surface area contributed by atoms with Crippen LogP contribution in [0.2, 0.25) is 0 Å². The van der Waals surface area contributed by atoms with Crippen LogP contribution in [-0.2, 0) is 11.3 Å². The van der Waals surface area contributed by atoms with Crippen molar-refractivity contribution in [2.45, 2.75) is 31.7 Å². The van der Waals surface area contributed by atoms with Crippen LogP contribution in [0.25, 0.3) is 0 Å². The number of H-pyrrole nitrogens is 1. The molecule has 20 heavy (non-hydrogen) atoms. The number of hydrogen-bond donors (Lipinski definition) is 3. The number of imidazole rings is 1. The van der Waals surface area contributed by atoms with E-state index >= 15 is 0 Å². The van der Waals surface area contributed by atoms with Crippen LogP contribution >= 0.6 is 0 Å².